The van der Waals surface area contributed by atoms with Gasteiger partial charge in [-0.05, 0) is 53.1 Å². The van der Waals surface area contributed by atoms with Crippen molar-refractivity contribution in [1.82, 2.24) is 0 Å². The summed E-state index contributed by atoms with van der Waals surface area (Å²) in [5.41, 5.74) is 5.40. The molecule has 0 aliphatic carbocycles. The zero-order chi connectivity index (χ0) is 20.7. The highest BCUT2D eigenvalue weighted by Gasteiger charge is 2.50. The Morgan fingerprint density at radius 2 is 1.10 bits per heavy atom. The lowest BCUT2D eigenvalue weighted by molar-refractivity contribution is 0.474. The highest BCUT2D eigenvalue weighted by atomic mass is 16.3. The molecule has 5 rings (SSSR count). The number of fused-ring (bicyclic) bond motifs is 1. The van der Waals surface area contributed by atoms with Crippen molar-refractivity contribution in [3.63, 3.8) is 0 Å². The number of para-hydroxylation sites is 1. The monoisotopic (exact) mass is 391 g/mol. The molecule has 0 radical (unpaired) electrons. The van der Waals surface area contributed by atoms with Gasteiger partial charge in [0.25, 0.3) is 0 Å². The summed E-state index contributed by atoms with van der Waals surface area (Å²) in [7, 11) is 0. The third-order valence-electron chi connectivity index (χ3n) is 5.82. The maximum atomic E-state index is 9.96. The molecule has 0 saturated heterocycles. The number of anilines is 1. The predicted octanol–water partition coefficient (Wildman–Crippen LogP) is 5.88. The molecule has 146 valence electrons. The van der Waals surface area contributed by atoms with Crippen molar-refractivity contribution >= 4 is 11.4 Å². The molecule has 3 nitrogen and oxygen atoms in total. The fourth-order valence-corrected chi connectivity index (χ4v) is 4.56. The normalized spacial score (nSPS) is 14.5. The second-order valence-electron chi connectivity index (χ2n) is 7.47. The smallest absolute Gasteiger partial charge is 0.121 e. The summed E-state index contributed by atoms with van der Waals surface area (Å²) < 4.78 is 0. The van der Waals surface area contributed by atoms with Gasteiger partial charge in [0.05, 0.1) is 0 Å². The van der Waals surface area contributed by atoms with Crippen LogP contribution >= 0.6 is 0 Å². The van der Waals surface area contributed by atoms with Crippen LogP contribution in [0.5, 0.6) is 11.5 Å². The maximum Gasteiger partial charge on any atom is 0.121 e. The Morgan fingerprint density at radius 1 is 0.600 bits per heavy atom. The largest absolute Gasteiger partial charge is 0.508 e. The van der Waals surface area contributed by atoms with Gasteiger partial charge in [0, 0.05) is 16.9 Å². The Kier molecular flexibility index (Phi) is 4.11. The van der Waals surface area contributed by atoms with Crippen LogP contribution in [-0.4, -0.2) is 10.2 Å². The van der Waals surface area contributed by atoms with Crippen LogP contribution in [0, 0.1) is 0 Å². The lowest BCUT2D eigenvalue weighted by Crippen LogP contribution is -2.42. The van der Waals surface area contributed by atoms with Crippen molar-refractivity contribution in [3.8, 4) is 11.5 Å². The molecule has 0 atom stereocenters. The van der Waals surface area contributed by atoms with Crippen molar-refractivity contribution in [2.75, 3.05) is 4.90 Å². The van der Waals surface area contributed by atoms with Crippen LogP contribution in [0.25, 0.3) is 5.70 Å². The highest BCUT2D eigenvalue weighted by Crippen LogP contribution is 2.55. The molecule has 4 aromatic carbocycles. The Hall–Kier alpha value is -3.98. The fourth-order valence-electron chi connectivity index (χ4n) is 4.56. The molecule has 4 aromatic rings. The van der Waals surface area contributed by atoms with Gasteiger partial charge in [0.2, 0.25) is 0 Å². The van der Waals surface area contributed by atoms with Crippen LogP contribution in [0.3, 0.4) is 0 Å². The van der Waals surface area contributed by atoms with Gasteiger partial charge in [-0.2, -0.15) is 0 Å². The number of hydrogen-bond acceptors (Lipinski definition) is 3. The number of aromatic hydroxyl groups is 2. The lowest BCUT2D eigenvalue weighted by Gasteiger charge is -2.42. The summed E-state index contributed by atoms with van der Waals surface area (Å²) in [5, 5.41) is 19.9. The Morgan fingerprint density at radius 3 is 1.67 bits per heavy atom. The molecule has 0 amide bonds. The molecule has 1 aliphatic rings. The van der Waals surface area contributed by atoms with E-state index in [4.69, 9.17) is 0 Å². The van der Waals surface area contributed by atoms with E-state index in [2.05, 4.69) is 35.7 Å². The Labute approximate surface area is 175 Å². The minimum absolute atomic E-state index is 0.218. The third kappa shape index (κ3) is 2.52. The fraction of sp³-hybridized carbons (Fsp3) is 0.0370. The molecule has 0 spiro atoms. The maximum absolute atomic E-state index is 9.96. The SMILES string of the molecule is C=C1c2ccccc2C(c2ccc(O)cc2)(c2ccc(O)cc2)N1c1ccccc1. The van der Waals surface area contributed by atoms with Gasteiger partial charge < -0.3 is 15.1 Å². The Bertz CT molecular complexity index is 1170. The van der Waals surface area contributed by atoms with Gasteiger partial charge in [-0.1, -0.05) is 73.3 Å². The predicted molar refractivity (Wildman–Crippen MR) is 120 cm³/mol. The molecule has 0 bridgehead atoms. The summed E-state index contributed by atoms with van der Waals surface area (Å²) in [6, 6.07) is 33.1. The van der Waals surface area contributed by atoms with E-state index < -0.39 is 5.54 Å². The first-order valence-corrected chi connectivity index (χ1v) is 9.85. The van der Waals surface area contributed by atoms with Crippen molar-refractivity contribution in [2.24, 2.45) is 0 Å². The van der Waals surface area contributed by atoms with Crippen LogP contribution in [-0.2, 0) is 5.54 Å². The van der Waals surface area contributed by atoms with Crippen molar-refractivity contribution in [3.05, 3.63) is 132 Å². The second-order valence-corrected chi connectivity index (χ2v) is 7.47. The molecule has 0 saturated carbocycles. The van der Waals surface area contributed by atoms with Crippen LogP contribution < -0.4 is 4.90 Å². The summed E-state index contributed by atoms with van der Waals surface area (Å²) in [4.78, 5) is 2.25. The number of rotatable bonds is 3. The summed E-state index contributed by atoms with van der Waals surface area (Å²) in [6.45, 7) is 4.46. The molecule has 2 N–H and O–H groups in total. The minimum Gasteiger partial charge on any atom is -0.508 e. The average molecular weight is 391 g/mol. The van der Waals surface area contributed by atoms with Crippen molar-refractivity contribution in [2.45, 2.75) is 5.54 Å². The molecule has 0 aromatic heterocycles. The summed E-state index contributed by atoms with van der Waals surface area (Å²) in [5.74, 6) is 0.437. The van der Waals surface area contributed by atoms with E-state index in [0.29, 0.717) is 0 Å². The number of phenols is 2. The van der Waals surface area contributed by atoms with Crippen LogP contribution in [0.2, 0.25) is 0 Å². The first-order valence-electron chi connectivity index (χ1n) is 9.85. The number of nitrogens with zero attached hydrogens (tertiary/aromatic N) is 1. The molecule has 3 heteroatoms. The van der Waals surface area contributed by atoms with E-state index >= 15 is 0 Å². The van der Waals surface area contributed by atoms with E-state index in [-0.39, 0.29) is 11.5 Å². The van der Waals surface area contributed by atoms with Crippen LogP contribution in [0.4, 0.5) is 5.69 Å². The molecule has 1 heterocycles. The van der Waals surface area contributed by atoms with E-state index in [9.17, 15) is 10.2 Å². The molecule has 0 fully saturated rings. The van der Waals surface area contributed by atoms with Crippen molar-refractivity contribution in [1.29, 1.82) is 0 Å². The first-order chi connectivity index (χ1) is 14.6. The van der Waals surface area contributed by atoms with E-state index in [1.165, 1.54) is 0 Å². The average Bonchev–Trinajstić information content (AvgIpc) is 3.05. The number of phenolic OH excluding ortho intramolecular Hbond substituents is 2. The van der Waals surface area contributed by atoms with Crippen molar-refractivity contribution < 1.29 is 10.2 Å². The van der Waals surface area contributed by atoms with Gasteiger partial charge in [0.15, 0.2) is 0 Å². The lowest BCUT2D eigenvalue weighted by atomic mass is 9.76. The van der Waals surface area contributed by atoms with E-state index in [1.807, 2.05) is 54.6 Å². The zero-order valence-electron chi connectivity index (χ0n) is 16.4. The standard InChI is InChI=1S/C27H21NO2/c1-19-25-9-5-6-10-26(25)27(20-11-15-23(29)16-12-20,21-13-17-24(30)18-14-21)28(19)22-7-3-2-4-8-22/h2-18,29-30H,1H2. The summed E-state index contributed by atoms with van der Waals surface area (Å²) >= 11 is 0. The number of hydrogen-bond donors (Lipinski definition) is 2. The molecule has 1 aliphatic heterocycles. The quantitative estimate of drug-likeness (QED) is 0.458. The molecule has 30 heavy (non-hydrogen) atoms. The Balaban J connectivity index is 1.91. The molecular weight excluding hydrogens is 370 g/mol. The summed E-state index contributed by atoms with van der Waals surface area (Å²) in [6.07, 6.45) is 0. The molecule has 0 unspecified atom stereocenters. The van der Waals surface area contributed by atoms with Crippen LogP contribution in [0.1, 0.15) is 22.3 Å². The van der Waals surface area contributed by atoms with Gasteiger partial charge in [-0.3, -0.25) is 0 Å². The second kappa shape index (κ2) is 6.82. The third-order valence-corrected chi connectivity index (χ3v) is 5.82. The molecular formula is C27H21NO2. The van der Waals surface area contributed by atoms with Gasteiger partial charge in [-0.25, -0.2) is 0 Å². The highest BCUT2D eigenvalue weighted by molar-refractivity contribution is 5.91. The topological polar surface area (TPSA) is 43.7 Å². The van der Waals surface area contributed by atoms with Gasteiger partial charge in [-0.15, -0.1) is 0 Å². The van der Waals surface area contributed by atoms with E-state index in [0.717, 1.165) is 33.6 Å². The van der Waals surface area contributed by atoms with E-state index in [1.54, 1.807) is 24.3 Å². The minimum atomic E-state index is -0.698. The van der Waals surface area contributed by atoms with Crippen LogP contribution in [0.15, 0.2) is 110 Å². The van der Waals surface area contributed by atoms with Gasteiger partial charge in [0.1, 0.15) is 17.0 Å². The zero-order valence-corrected chi connectivity index (χ0v) is 16.4. The number of benzene rings is 4. The van der Waals surface area contributed by atoms with Gasteiger partial charge >= 0.3 is 0 Å². The first kappa shape index (κ1) is 18.1.